The molecule has 7 heteroatoms. The zero-order chi connectivity index (χ0) is 13.5. The van der Waals surface area contributed by atoms with Gasteiger partial charge in [-0.25, -0.2) is 4.79 Å². The van der Waals surface area contributed by atoms with Crippen LogP contribution in [0.3, 0.4) is 0 Å². The molecule has 0 fully saturated rings. The monoisotopic (exact) mass is 258 g/mol. The number of nitrogens with one attached hydrogen (secondary N) is 1. The largest absolute Gasteiger partial charge is 0.478 e. The Balaban J connectivity index is 2.71. The second kappa shape index (κ2) is 4.02. The number of hydrogen-bond acceptors (Lipinski definition) is 2. The number of carboxylic acids is 1. The number of aromatic amines is 1. The maximum absolute atomic E-state index is 12.6. The normalized spacial score (nSPS) is 13.8. The number of H-pyrrole nitrogens is 1. The molecule has 4 N–H and O–H groups in total. The highest BCUT2D eigenvalue weighted by Crippen LogP contribution is 2.34. The first-order chi connectivity index (χ1) is 8.32. The minimum Gasteiger partial charge on any atom is -0.478 e. The summed E-state index contributed by atoms with van der Waals surface area (Å²) in [6.07, 6.45) is -4.70. The fourth-order valence-corrected chi connectivity index (χ4v) is 1.79. The Kier molecular flexibility index (Phi) is 2.78. The van der Waals surface area contributed by atoms with Gasteiger partial charge in [0.15, 0.2) is 0 Å². The maximum atomic E-state index is 12.6. The van der Waals surface area contributed by atoms with E-state index in [1.807, 2.05) is 0 Å². The Bertz CT molecular complexity index is 604. The van der Waals surface area contributed by atoms with Gasteiger partial charge in [-0.05, 0) is 6.07 Å². The van der Waals surface area contributed by atoms with Crippen LogP contribution in [-0.2, 0) is 0 Å². The summed E-state index contributed by atoms with van der Waals surface area (Å²) in [5, 5.41) is 9.23. The van der Waals surface area contributed by atoms with E-state index < -0.39 is 29.4 Å². The molecule has 0 radical (unpaired) electrons. The van der Waals surface area contributed by atoms with Gasteiger partial charge in [0, 0.05) is 10.9 Å². The summed E-state index contributed by atoms with van der Waals surface area (Å²) < 4.78 is 37.7. The molecule has 96 valence electrons. The van der Waals surface area contributed by atoms with Crippen molar-refractivity contribution in [1.82, 2.24) is 4.98 Å². The Morgan fingerprint density at radius 2 is 1.94 bits per heavy atom. The lowest BCUT2D eigenvalue weighted by atomic mass is 10.1. The molecule has 0 aliphatic carbocycles. The predicted octanol–water partition coefficient (Wildman–Crippen LogP) is 2.43. The molecule has 0 amide bonds. The Morgan fingerprint density at radius 3 is 2.50 bits per heavy atom. The number of para-hydroxylation sites is 1. The summed E-state index contributed by atoms with van der Waals surface area (Å²) >= 11 is 0. The molecule has 0 aliphatic heterocycles. The summed E-state index contributed by atoms with van der Waals surface area (Å²) in [5.74, 6) is -1.44. The average Bonchev–Trinajstić information content (AvgIpc) is 2.65. The summed E-state index contributed by atoms with van der Waals surface area (Å²) in [4.78, 5) is 13.5. The molecule has 0 bridgehead atoms. The van der Waals surface area contributed by atoms with Crippen LogP contribution >= 0.6 is 0 Å². The van der Waals surface area contributed by atoms with E-state index in [0.717, 1.165) is 0 Å². The highest BCUT2D eigenvalue weighted by Gasteiger charge is 2.41. The molecule has 0 saturated heterocycles. The standard InChI is InChI=1S/C11H9F3N2O2/c12-11(13,14)9(15)8-7(10(17)18)5-3-1-2-4-6(5)16-8/h1-4,9,16H,15H2,(H,17,18). The fraction of sp³-hybridized carbons (Fsp3) is 0.182. The number of hydrogen-bond donors (Lipinski definition) is 3. The van der Waals surface area contributed by atoms with Gasteiger partial charge in [0.25, 0.3) is 0 Å². The van der Waals surface area contributed by atoms with Gasteiger partial charge < -0.3 is 15.8 Å². The number of benzene rings is 1. The second-order valence-electron chi connectivity index (χ2n) is 3.78. The van der Waals surface area contributed by atoms with Gasteiger partial charge in [-0.2, -0.15) is 13.2 Å². The summed E-state index contributed by atoms with van der Waals surface area (Å²) in [6.45, 7) is 0. The number of rotatable bonds is 2. The SMILES string of the molecule is NC(c1[nH]c2ccccc2c1C(=O)O)C(F)(F)F. The van der Waals surface area contributed by atoms with Crippen molar-refractivity contribution in [2.45, 2.75) is 12.2 Å². The topological polar surface area (TPSA) is 79.1 Å². The number of carboxylic acid groups (broad SMARTS) is 1. The summed E-state index contributed by atoms with van der Waals surface area (Å²) in [5.41, 5.74) is 4.40. The van der Waals surface area contributed by atoms with Gasteiger partial charge in [-0.3, -0.25) is 0 Å². The number of fused-ring (bicyclic) bond motifs is 1. The molecule has 1 aromatic carbocycles. The highest BCUT2D eigenvalue weighted by atomic mass is 19.4. The van der Waals surface area contributed by atoms with Crippen LogP contribution in [0.5, 0.6) is 0 Å². The molecule has 1 atom stereocenters. The van der Waals surface area contributed by atoms with Crippen LogP contribution in [0.25, 0.3) is 10.9 Å². The van der Waals surface area contributed by atoms with E-state index in [1.165, 1.54) is 12.1 Å². The van der Waals surface area contributed by atoms with Gasteiger partial charge >= 0.3 is 12.1 Å². The highest BCUT2D eigenvalue weighted by molar-refractivity contribution is 6.04. The molecule has 1 aromatic heterocycles. The van der Waals surface area contributed by atoms with Gasteiger partial charge in [0.1, 0.15) is 6.04 Å². The van der Waals surface area contributed by atoms with Crippen molar-refractivity contribution in [1.29, 1.82) is 0 Å². The molecule has 18 heavy (non-hydrogen) atoms. The van der Waals surface area contributed by atoms with Crippen molar-refractivity contribution < 1.29 is 23.1 Å². The van der Waals surface area contributed by atoms with Crippen LogP contribution in [-0.4, -0.2) is 22.2 Å². The Morgan fingerprint density at radius 1 is 1.33 bits per heavy atom. The van der Waals surface area contributed by atoms with E-state index >= 15 is 0 Å². The minimum absolute atomic E-state index is 0.208. The third-order valence-corrected chi connectivity index (χ3v) is 2.61. The molecule has 1 unspecified atom stereocenters. The molecule has 2 rings (SSSR count). The lowest BCUT2D eigenvalue weighted by molar-refractivity contribution is -0.149. The lowest BCUT2D eigenvalue weighted by Crippen LogP contribution is -2.30. The van der Waals surface area contributed by atoms with Gasteiger partial charge in [0.05, 0.1) is 11.3 Å². The molecule has 0 spiro atoms. The van der Waals surface area contributed by atoms with Gasteiger partial charge in [-0.15, -0.1) is 0 Å². The molecule has 1 heterocycles. The van der Waals surface area contributed by atoms with Crippen molar-refractivity contribution >= 4 is 16.9 Å². The zero-order valence-corrected chi connectivity index (χ0v) is 8.95. The van der Waals surface area contributed by atoms with Crippen LogP contribution in [0, 0.1) is 0 Å². The van der Waals surface area contributed by atoms with E-state index in [2.05, 4.69) is 4.98 Å². The smallest absolute Gasteiger partial charge is 0.409 e. The number of aromatic carboxylic acids is 1. The van der Waals surface area contributed by atoms with E-state index in [0.29, 0.717) is 5.52 Å². The Hall–Kier alpha value is -2.02. The zero-order valence-electron chi connectivity index (χ0n) is 8.95. The first kappa shape index (κ1) is 12.4. The van der Waals surface area contributed by atoms with Crippen molar-refractivity contribution in [3.8, 4) is 0 Å². The van der Waals surface area contributed by atoms with E-state index in [9.17, 15) is 18.0 Å². The quantitative estimate of drug-likeness (QED) is 0.774. The minimum atomic E-state index is -4.70. The Labute approximate surface area is 99.2 Å². The fourth-order valence-electron chi connectivity index (χ4n) is 1.79. The van der Waals surface area contributed by atoms with Crippen LogP contribution in [0.1, 0.15) is 22.1 Å². The molecule has 0 aliphatic rings. The van der Waals surface area contributed by atoms with Gasteiger partial charge in [-0.1, -0.05) is 18.2 Å². The molecular weight excluding hydrogens is 249 g/mol. The average molecular weight is 258 g/mol. The van der Waals surface area contributed by atoms with Crippen molar-refractivity contribution in [2.24, 2.45) is 5.73 Å². The first-order valence-corrected chi connectivity index (χ1v) is 4.98. The summed E-state index contributed by atoms with van der Waals surface area (Å²) in [6, 6.07) is 3.71. The third-order valence-electron chi connectivity index (χ3n) is 2.61. The second-order valence-corrected chi connectivity index (χ2v) is 3.78. The van der Waals surface area contributed by atoms with Gasteiger partial charge in [0.2, 0.25) is 0 Å². The summed E-state index contributed by atoms with van der Waals surface area (Å²) in [7, 11) is 0. The van der Waals surface area contributed by atoms with Crippen molar-refractivity contribution in [3.63, 3.8) is 0 Å². The number of halogens is 3. The van der Waals surface area contributed by atoms with E-state index in [1.54, 1.807) is 12.1 Å². The van der Waals surface area contributed by atoms with Crippen LogP contribution in [0.15, 0.2) is 24.3 Å². The first-order valence-electron chi connectivity index (χ1n) is 4.98. The van der Waals surface area contributed by atoms with Crippen molar-refractivity contribution in [3.05, 3.63) is 35.5 Å². The number of carbonyl (C=O) groups is 1. The van der Waals surface area contributed by atoms with Crippen LogP contribution in [0.4, 0.5) is 13.2 Å². The number of aromatic nitrogens is 1. The molecule has 4 nitrogen and oxygen atoms in total. The van der Waals surface area contributed by atoms with E-state index in [4.69, 9.17) is 10.8 Å². The molecule has 0 saturated carbocycles. The van der Waals surface area contributed by atoms with Crippen LogP contribution < -0.4 is 5.73 Å². The number of nitrogens with two attached hydrogens (primary N) is 1. The number of alkyl halides is 3. The molecule has 2 aromatic rings. The van der Waals surface area contributed by atoms with Crippen molar-refractivity contribution in [2.75, 3.05) is 0 Å². The third kappa shape index (κ3) is 1.92. The van der Waals surface area contributed by atoms with E-state index in [-0.39, 0.29) is 5.39 Å². The predicted molar refractivity (Wildman–Crippen MR) is 58.2 cm³/mol. The maximum Gasteiger partial charge on any atom is 0.409 e. The van der Waals surface area contributed by atoms with Crippen LogP contribution in [0.2, 0.25) is 0 Å². The lowest BCUT2D eigenvalue weighted by Gasteiger charge is -2.15. The molecular formula is C11H9F3N2O2.